The number of anilines is 1. The van der Waals surface area contributed by atoms with Crippen molar-refractivity contribution in [3.8, 4) is 11.5 Å². The number of ether oxygens (including phenoxy) is 3. The molecule has 3 heterocycles. The first-order valence-electron chi connectivity index (χ1n) is 9.16. The predicted octanol–water partition coefficient (Wildman–Crippen LogP) is 3.29. The van der Waals surface area contributed by atoms with Crippen molar-refractivity contribution in [3.63, 3.8) is 0 Å². The van der Waals surface area contributed by atoms with Gasteiger partial charge in [-0.25, -0.2) is 4.98 Å². The number of nitrogens with one attached hydrogen (secondary N) is 1. The Morgan fingerprint density at radius 2 is 2.07 bits per heavy atom. The van der Waals surface area contributed by atoms with Gasteiger partial charge < -0.3 is 19.5 Å². The highest BCUT2D eigenvalue weighted by molar-refractivity contribution is 5.82. The first-order valence-corrected chi connectivity index (χ1v) is 9.16. The van der Waals surface area contributed by atoms with Crippen LogP contribution in [0.4, 0.5) is 10.2 Å². The van der Waals surface area contributed by atoms with E-state index in [9.17, 15) is 4.39 Å². The Morgan fingerprint density at radius 3 is 2.82 bits per heavy atom. The van der Waals surface area contributed by atoms with Crippen molar-refractivity contribution in [1.29, 1.82) is 0 Å². The molecule has 4 rings (SSSR count). The Balaban J connectivity index is 1.59. The third-order valence-electron chi connectivity index (χ3n) is 4.77. The Bertz CT molecular complexity index is 972. The van der Waals surface area contributed by atoms with E-state index in [-0.39, 0.29) is 6.23 Å². The van der Waals surface area contributed by atoms with Crippen molar-refractivity contribution >= 4 is 17.0 Å². The van der Waals surface area contributed by atoms with Crippen molar-refractivity contribution in [3.05, 3.63) is 36.2 Å². The number of fused-ring (bicyclic) bond motifs is 1. The number of hydrogen-bond acceptors (Lipinski definition) is 7. The highest BCUT2D eigenvalue weighted by atomic mass is 19.1. The van der Waals surface area contributed by atoms with Crippen molar-refractivity contribution in [1.82, 2.24) is 19.5 Å². The average Bonchev–Trinajstić information content (AvgIpc) is 3.16. The summed E-state index contributed by atoms with van der Waals surface area (Å²) in [6.07, 6.45) is 3.60. The van der Waals surface area contributed by atoms with E-state index in [0.29, 0.717) is 41.6 Å². The Labute approximate surface area is 161 Å². The van der Waals surface area contributed by atoms with Gasteiger partial charge in [0.1, 0.15) is 6.23 Å². The summed E-state index contributed by atoms with van der Waals surface area (Å²) in [4.78, 5) is 12.2. The third-order valence-corrected chi connectivity index (χ3v) is 4.77. The largest absolute Gasteiger partial charge is 0.493 e. The number of aromatic nitrogens is 4. The molecule has 1 aliphatic rings. The molecule has 0 saturated carbocycles. The van der Waals surface area contributed by atoms with Crippen LogP contribution in [-0.2, 0) is 11.3 Å². The van der Waals surface area contributed by atoms with Crippen LogP contribution in [0, 0.1) is 6.08 Å². The summed E-state index contributed by atoms with van der Waals surface area (Å²) >= 11 is 0. The second-order valence-electron chi connectivity index (χ2n) is 6.53. The predicted molar refractivity (Wildman–Crippen MR) is 101 cm³/mol. The molecule has 8 nitrogen and oxygen atoms in total. The average molecular weight is 387 g/mol. The molecular formula is C19H22FN5O3. The van der Waals surface area contributed by atoms with Crippen LogP contribution in [0.2, 0.25) is 0 Å². The van der Waals surface area contributed by atoms with E-state index < -0.39 is 6.08 Å². The number of methoxy groups -OCH3 is 2. The van der Waals surface area contributed by atoms with Crippen molar-refractivity contribution in [2.24, 2.45) is 0 Å². The molecule has 1 unspecified atom stereocenters. The molecule has 148 valence electrons. The molecular weight excluding hydrogens is 365 g/mol. The fraction of sp³-hybridized carbons (Fsp3) is 0.421. The highest BCUT2D eigenvalue weighted by Gasteiger charge is 2.21. The van der Waals surface area contributed by atoms with Crippen LogP contribution >= 0.6 is 0 Å². The minimum Gasteiger partial charge on any atom is -0.493 e. The number of imidazole rings is 1. The van der Waals surface area contributed by atoms with Gasteiger partial charge in [0.25, 0.3) is 0 Å². The number of nitrogens with zero attached hydrogens (tertiary/aromatic N) is 4. The smallest absolute Gasteiger partial charge is 0.312 e. The van der Waals surface area contributed by atoms with E-state index in [2.05, 4.69) is 20.3 Å². The molecule has 1 aliphatic heterocycles. The first-order chi connectivity index (χ1) is 13.7. The molecule has 28 heavy (non-hydrogen) atoms. The fourth-order valence-electron chi connectivity index (χ4n) is 3.34. The van der Waals surface area contributed by atoms with Gasteiger partial charge in [-0.15, -0.1) is 0 Å². The lowest BCUT2D eigenvalue weighted by atomic mass is 10.2. The summed E-state index contributed by atoms with van der Waals surface area (Å²) in [7, 11) is 3.17. The van der Waals surface area contributed by atoms with Crippen molar-refractivity contribution < 1.29 is 18.6 Å². The van der Waals surface area contributed by atoms with Gasteiger partial charge in [0.05, 0.1) is 20.5 Å². The molecule has 0 spiro atoms. The van der Waals surface area contributed by atoms with Crippen LogP contribution in [0.15, 0.2) is 24.5 Å². The normalized spacial score (nSPS) is 16.9. The van der Waals surface area contributed by atoms with E-state index in [1.54, 1.807) is 25.1 Å². The standard InChI is InChI=1S/C19H22FN5O3/c1-26-13-7-6-12(9-14(13)27-2)10-21-17-16-18(24-19(20)23-17)25(11-22-16)15-5-3-4-8-28-15/h6-7,9,11,15H,3-5,8,10H2,1-2H3,(H,21,23,24). The summed E-state index contributed by atoms with van der Waals surface area (Å²) in [6.45, 7) is 1.10. The summed E-state index contributed by atoms with van der Waals surface area (Å²) in [5.74, 6) is 1.61. The lowest BCUT2D eigenvalue weighted by molar-refractivity contribution is -0.0298. The van der Waals surface area contributed by atoms with Gasteiger partial charge in [-0.1, -0.05) is 6.07 Å². The molecule has 1 aromatic carbocycles. The lowest BCUT2D eigenvalue weighted by Gasteiger charge is -2.23. The zero-order valence-electron chi connectivity index (χ0n) is 15.8. The molecule has 9 heteroatoms. The number of hydrogen-bond donors (Lipinski definition) is 1. The second-order valence-corrected chi connectivity index (χ2v) is 6.53. The third kappa shape index (κ3) is 3.57. The van der Waals surface area contributed by atoms with Gasteiger partial charge in [0.2, 0.25) is 0 Å². The van der Waals surface area contributed by atoms with E-state index in [4.69, 9.17) is 14.2 Å². The summed E-state index contributed by atoms with van der Waals surface area (Å²) < 4.78 is 32.2. The number of halogens is 1. The number of rotatable bonds is 6. The first kappa shape index (κ1) is 18.4. The van der Waals surface area contributed by atoms with Gasteiger partial charge in [0, 0.05) is 13.2 Å². The molecule has 1 fully saturated rings. The Morgan fingerprint density at radius 1 is 1.21 bits per heavy atom. The fourth-order valence-corrected chi connectivity index (χ4v) is 3.34. The van der Waals surface area contributed by atoms with Gasteiger partial charge in [-0.3, -0.25) is 4.57 Å². The van der Waals surface area contributed by atoms with E-state index in [0.717, 1.165) is 24.8 Å². The monoisotopic (exact) mass is 387 g/mol. The maximum absolute atomic E-state index is 14.1. The minimum atomic E-state index is -0.806. The molecule has 1 saturated heterocycles. The molecule has 0 radical (unpaired) electrons. The van der Waals surface area contributed by atoms with Crippen molar-refractivity contribution in [2.75, 3.05) is 26.1 Å². The van der Waals surface area contributed by atoms with E-state index in [1.807, 2.05) is 18.2 Å². The molecule has 0 aliphatic carbocycles. The highest BCUT2D eigenvalue weighted by Crippen LogP contribution is 2.29. The van der Waals surface area contributed by atoms with Gasteiger partial charge in [-0.2, -0.15) is 14.4 Å². The summed E-state index contributed by atoms with van der Waals surface area (Å²) in [6, 6.07) is 5.58. The van der Waals surface area contributed by atoms with Crippen LogP contribution in [0.3, 0.4) is 0 Å². The van der Waals surface area contributed by atoms with Crippen molar-refractivity contribution in [2.45, 2.75) is 32.0 Å². The Kier molecular flexibility index (Phi) is 5.25. The van der Waals surface area contributed by atoms with E-state index >= 15 is 0 Å². The molecule has 3 aromatic rings. The molecule has 1 N–H and O–H groups in total. The molecule has 1 atom stereocenters. The molecule has 0 bridgehead atoms. The maximum atomic E-state index is 14.1. The van der Waals surface area contributed by atoms with Crippen LogP contribution in [0.5, 0.6) is 11.5 Å². The minimum absolute atomic E-state index is 0.174. The summed E-state index contributed by atoms with van der Waals surface area (Å²) in [5.41, 5.74) is 1.87. The topological polar surface area (TPSA) is 83.3 Å². The molecule has 0 amide bonds. The lowest BCUT2D eigenvalue weighted by Crippen LogP contribution is -2.18. The van der Waals surface area contributed by atoms with Crippen LogP contribution in [-0.4, -0.2) is 40.3 Å². The van der Waals surface area contributed by atoms with Crippen LogP contribution in [0.1, 0.15) is 31.1 Å². The second kappa shape index (κ2) is 7.97. The zero-order valence-corrected chi connectivity index (χ0v) is 15.8. The quantitative estimate of drug-likeness (QED) is 0.650. The van der Waals surface area contributed by atoms with E-state index in [1.165, 1.54) is 0 Å². The van der Waals surface area contributed by atoms with Gasteiger partial charge >= 0.3 is 6.08 Å². The van der Waals surface area contributed by atoms with Gasteiger partial charge in [-0.05, 0) is 37.0 Å². The maximum Gasteiger partial charge on any atom is 0.312 e. The number of benzene rings is 1. The van der Waals surface area contributed by atoms with Crippen LogP contribution in [0.25, 0.3) is 11.2 Å². The Hall–Kier alpha value is -2.94. The van der Waals surface area contributed by atoms with Gasteiger partial charge in [0.15, 0.2) is 28.5 Å². The molecule has 2 aromatic heterocycles. The zero-order chi connectivity index (χ0) is 19.5. The summed E-state index contributed by atoms with van der Waals surface area (Å²) in [5, 5.41) is 3.15. The SMILES string of the molecule is COc1ccc(CNc2nc(F)nc3c2ncn3C2CCCCO2)cc1OC. The van der Waals surface area contributed by atoms with Crippen LogP contribution < -0.4 is 14.8 Å².